The van der Waals surface area contributed by atoms with Gasteiger partial charge in [0, 0.05) is 22.0 Å². The Morgan fingerprint density at radius 2 is 1.38 bits per heavy atom. The Morgan fingerprint density at radius 1 is 0.875 bits per heavy atom. The van der Waals surface area contributed by atoms with Crippen molar-refractivity contribution >= 4 is 5.97 Å². The molecule has 190 valence electrons. The number of rotatable bonds is 21. The zero-order valence-corrected chi connectivity index (χ0v) is 20.9. The summed E-state index contributed by atoms with van der Waals surface area (Å²) in [5.41, 5.74) is 0. The molecule has 0 bridgehead atoms. The van der Waals surface area contributed by atoms with E-state index >= 15 is 0 Å². The average Bonchev–Trinajstić information content (AvgIpc) is 3.13. The molecule has 1 heterocycles. The number of unbranched alkanes of at least 4 members (excludes halogenated alkanes) is 13. The molecule has 32 heavy (non-hydrogen) atoms. The van der Waals surface area contributed by atoms with Gasteiger partial charge in [-0.05, 0) is 6.40 Å². The van der Waals surface area contributed by atoms with Crippen LogP contribution in [0.1, 0.15) is 118 Å². The highest BCUT2D eigenvalue weighted by molar-refractivity contribution is 5.66. The standard InChI is InChI=1S/C26H50O6/c1-4-5-6-7-8-9-10-11-12-13-14-15-16-17-18-19-20-30-25-24(31-22(2)28)23(21-27)32-26(25)29-3/h23-27H,4-21H2,1-3H3/t23-,24+,25-,26?/m1/s1/i19D/t19?,23-,24+,25-,26?. The van der Waals surface area contributed by atoms with Gasteiger partial charge in [-0.25, -0.2) is 0 Å². The lowest BCUT2D eigenvalue weighted by molar-refractivity contribution is -0.168. The van der Waals surface area contributed by atoms with Crippen LogP contribution < -0.4 is 0 Å². The van der Waals surface area contributed by atoms with Crippen LogP contribution in [0.3, 0.4) is 0 Å². The molecule has 1 aliphatic heterocycles. The SMILES string of the molecule is [2H]C(CCCCCCCCCCCCCCCC)CO[C@H]1C(OC)O[C@H](CO)[C@@H]1OC(C)=O. The summed E-state index contributed by atoms with van der Waals surface area (Å²) < 4.78 is 30.3. The Kier molecular flexibility index (Phi) is 17.0. The lowest BCUT2D eigenvalue weighted by atomic mass is 10.0. The quantitative estimate of drug-likeness (QED) is 0.169. The molecule has 0 aliphatic carbocycles. The number of aliphatic hydroxyl groups excluding tert-OH is 1. The summed E-state index contributed by atoms with van der Waals surface area (Å²) in [6.07, 6.45) is 16.1. The van der Waals surface area contributed by atoms with E-state index in [9.17, 15) is 9.90 Å². The van der Waals surface area contributed by atoms with E-state index in [4.69, 9.17) is 20.3 Å². The van der Waals surface area contributed by atoms with Crippen LogP contribution >= 0.6 is 0 Å². The molecule has 0 saturated carbocycles. The zero-order chi connectivity index (χ0) is 24.3. The zero-order valence-electron chi connectivity index (χ0n) is 21.9. The first kappa shape index (κ1) is 27.6. The van der Waals surface area contributed by atoms with E-state index in [1.807, 2.05) is 0 Å². The van der Waals surface area contributed by atoms with Gasteiger partial charge in [0.1, 0.15) is 12.2 Å². The first-order valence-electron chi connectivity index (χ1n) is 13.6. The first-order valence-corrected chi connectivity index (χ1v) is 13.0. The molecule has 0 amide bonds. The Hall–Kier alpha value is -0.690. The summed E-state index contributed by atoms with van der Waals surface area (Å²) >= 11 is 0. The van der Waals surface area contributed by atoms with Gasteiger partial charge < -0.3 is 24.1 Å². The van der Waals surface area contributed by atoms with E-state index in [0.29, 0.717) is 0 Å². The highest BCUT2D eigenvalue weighted by Crippen LogP contribution is 2.27. The number of carbonyl (C=O) groups excluding carboxylic acids is 1. The molecule has 0 spiro atoms. The number of esters is 1. The molecular weight excluding hydrogens is 408 g/mol. The fourth-order valence-corrected chi connectivity index (χ4v) is 4.28. The van der Waals surface area contributed by atoms with Crippen LogP contribution in [0.15, 0.2) is 0 Å². The van der Waals surface area contributed by atoms with E-state index in [-0.39, 0.29) is 19.6 Å². The van der Waals surface area contributed by atoms with Crippen molar-refractivity contribution in [2.75, 3.05) is 20.3 Å². The smallest absolute Gasteiger partial charge is 0.303 e. The average molecular weight is 460 g/mol. The second-order valence-corrected chi connectivity index (χ2v) is 9.01. The number of aliphatic hydroxyl groups is 1. The predicted octanol–water partition coefficient (Wildman–Crippen LogP) is 5.93. The summed E-state index contributed by atoms with van der Waals surface area (Å²) in [7, 11) is 1.48. The Morgan fingerprint density at radius 3 is 1.81 bits per heavy atom. The summed E-state index contributed by atoms with van der Waals surface area (Å²) in [5, 5.41) is 9.49. The first-order chi connectivity index (χ1) is 16.0. The molecule has 1 fully saturated rings. The topological polar surface area (TPSA) is 74.2 Å². The minimum Gasteiger partial charge on any atom is -0.457 e. The van der Waals surface area contributed by atoms with E-state index < -0.39 is 30.6 Å². The van der Waals surface area contributed by atoms with E-state index in [0.717, 1.165) is 19.3 Å². The van der Waals surface area contributed by atoms with Gasteiger partial charge in [-0.2, -0.15) is 0 Å². The van der Waals surface area contributed by atoms with Crippen LogP contribution in [0.5, 0.6) is 0 Å². The van der Waals surface area contributed by atoms with Gasteiger partial charge in [-0.15, -0.1) is 0 Å². The molecule has 2 unspecified atom stereocenters. The fraction of sp³-hybridized carbons (Fsp3) is 0.962. The van der Waals surface area contributed by atoms with Crippen molar-refractivity contribution in [2.24, 2.45) is 0 Å². The summed E-state index contributed by atoms with van der Waals surface area (Å²) in [6.45, 7) is 3.51. The normalized spacial score (nSPS) is 24.4. The summed E-state index contributed by atoms with van der Waals surface area (Å²) in [6, 6.07) is 0. The Balaban J connectivity index is 2.06. The van der Waals surface area contributed by atoms with Crippen LogP contribution in [0.4, 0.5) is 0 Å². The van der Waals surface area contributed by atoms with Gasteiger partial charge in [0.05, 0.1) is 6.61 Å². The van der Waals surface area contributed by atoms with E-state index in [1.54, 1.807) is 0 Å². The van der Waals surface area contributed by atoms with Crippen molar-refractivity contribution in [1.82, 2.24) is 0 Å². The molecule has 0 aromatic rings. The van der Waals surface area contributed by atoms with Crippen LogP contribution in [-0.2, 0) is 23.7 Å². The lowest BCUT2D eigenvalue weighted by Crippen LogP contribution is -2.40. The van der Waals surface area contributed by atoms with Crippen molar-refractivity contribution in [3.63, 3.8) is 0 Å². The molecule has 6 heteroatoms. The Bertz CT molecular complexity index is 478. The third-order valence-electron chi connectivity index (χ3n) is 6.15. The van der Waals surface area contributed by atoms with Gasteiger partial charge in [0.2, 0.25) is 0 Å². The molecule has 0 radical (unpaired) electrons. The molecule has 1 aliphatic rings. The highest BCUT2D eigenvalue weighted by Gasteiger charge is 2.47. The number of ether oxygens (including phenoxy) is 4. The molecular formula is C26H50O6. The van der Waals surface area contributed by atoms with Crippen LogP contribution in [0, 0.1) is 0 Å². The molecule has 1 N–H and O–H groups in total. The monoisotopic (exact) mass is 459 g/mol. The predicted molar refractivity (Wildman–Crippen MR) is 128 cm³/mol. The van der Waals surface area contributed by atoms with Gasteiger partial charge in [-0.3, -0.25) is 4.79 Å². The number of carbonyl (C=O) groups is 1. The van der Waals surface area contributed by atoms with Gasteiger partial charge in [0.15, 0.2) is 12.4 Å². The maximum Gasteiger partial charge on any atom is 0.303 e. The second kappa shape index (κ2) is 19.7. The third-order valence-corrected chi connectivity index (χ3v) is 6.15. The van der Waals surface area contributed by atoms with Crippen LogP contribution in [-0.4, -0.2) is 56.0 Å². The second-order valence-electron chi connectivity index (χ2n) is 9.01. The summed E-state index contributed by atoms with van der Waals surface area (Å²) in [5.74, 6) is -0.461. The fourth-order valence-electron chi connectivity index (χ4n) is 4.28. The third kappa shape index (κ3) is 13.1. The maximum absolute atomic E-state index is 11.4. The maximum atomic E-state index is 11.4. The largest absolute Gasteiger partial charge is 0.457 e. The number of hydrogen-bond donors (Lipinski definition) is 1. The van der Waals surface area contributed by atoms with Crippen molar-refractivity contribution in [3.8, 4) is 0 Å². The van der Waals surface area contributed by atoms with E-state index in [2.05, 4.69) is 6.92 Å². The Labute approximate surface area is 198 Å². The lowest BCUT2D eigenvalue weighted by Gasteiger charge is -2.23. The van der Waals surface area contributed by atoms with Crippen molar-refractivity contribution in [2.45, 2.75) is 141 Å². The molecule has 0 aromatic carbocycles. The molecule has 0 aromatic heterocycles. The number of hydrogen-bond acceptors (Lipinski definition) is 6. The van der Waals surface area contributed by atoms with Gasteiger partial charge >= 0.3 is 5.97 Å². The summed E-state index contributed by atoms with van der Waals surface area (Å²) in [4.78, 5) is 11.4. The van der Waals surface area contributed by atoms with Gasteiger partial charge in [0.25, 0.3) is 0 Å². The van der Waals surface area contributed by atoms with Crippen molar-refractivity contribution < 1.29 is 30.2 Å². The molecule has 1 saturated heterocycles. The highest BCUT2D eigenvalue weighted by atomic mass is 16.7. The van der Waals surface area contributed by atoms with Gasteiger partial charge in [-0.1, -0.05) is 103 Å². The molecule has 1 rings (SSSR count). The molecule has 5 atom stereocenters. The van der Waals surface area contributed by atoms with Crippen LogP contribution in [0.25, 0.3) is 0 Å². The number of methoxy groups -OCH3 is 1. The van der Waals surface area contributed by atoms with Crippen molar-refractivity contribution in [1.29, 1.82) is 0 Å². The molecule has 6 nitrogen and oxygen atoms in total. The van der Waals surface area contributed by atoms with Crippen molar-refractivity contribution in [3.05, 3.63) is 0 Å². The minimum atomic E-state index is -0.731. The van der Waals surface area contributed by atoms with E-state index in [1.165, 1.54) is 91.1 Å². The minimum absolute atomic E-state index is 0.224. The van der Waals surface area contributed by atoms with Crippen LogP contribution in [0.2, 0.25) is 0 Å².